The summed E-state index contributed by atoms with van der Waals surface area (Å²) >= 11 is 0. The van der Waals surface area contributed by atoms with Gasteiger partial charge in [0.2, 0.25) is 0 Å². The minimum atomic E-state index is 0.00510. The molecule has 4 heterocycles. The van der Waals surface area contributed by atoms with Crippen molar-refractivity contribution in [3.63, 3.8) is 0 Å². The number of rotatable bonds is 3. The van der Waals surface area contributed by atoms with E-state index in [9.17, 15) is 4.79 Å². The van der Waals surface area contributed by atoms with Crippen molar-refractivity contribution in [3.05, 3.63) is 60.7 Å². The van der Waals surface area contributed by atoms with Gasteiger partial charge in [0.1, 0.15) is 0 Å². The highest BCUT2D eigenvalue weighted by molar-refractivity contribution is 5.94. The number of nitrogens with zero attached hydrogens (tertiary/aromatic N) is 7. The van der Waals surface area contributed by atoms with Gasteiger partial charge in [0, 0.05) is 51.0 Å². The Kier molecular flexibility index (Phi) is 4.55. The van der Waals surface area contributed by atoms with Crippen LogP contribution >= 0.6 is 0 Å². The zero-order chi connectivity index (χ0) is 17.8. The lowest BCUT2D eigenvalue weighted by molar-refractivity contribution is 0.0766. The van der Waals surface area contributed by atoms with E-state index in [1.54, 1.807) is 29.3 Å². The van der Waals surface area contributed by atoms with Crippen LogP contribution in [0.3, 0.4) is 0 Å². The Labute approximate surface area is 151 Å². The van der Waals surface area contributed by atoms with Crippen LogP contribution in [0.4, 0.5) is 5.82 Å². The predicted octanol–water partition coefficient (Wildman–Crippen LogP) is 1.41. The van der Waals surface area contributed by atoms with Crippen LogP contribution < -0.4 is 4.90 Å². The molecule has 0 saturated carbocycles. The Hall–Kier alpha value is -3.29. The number of carbonyl (C=O) groups is 1. The Morgan fingerprint density at radius 1 is 0.962 bits per heavy atom. The molecule has 1 fully saturated rings. The lowest BCUT2D eigenvalue weighted by Gasteiger charge is -2.22. The minimum Gasteiger partial charge on any atom is -0.353 e. The van der Waals surface area contributed by atoms with Crippen LogP contribution in [0.25, 0.3) is 5.82 Å². The second kappa shape index (κ2) is 7.30. The van der Waals surface area contributed by atoms with Crippen molar-refractivity contribution in [2.24, 2.45) is 0 Å². The van der Waals surface area contributed by atoms with E-state index in [0.717, 1.165) is 31.9 Å². The highest BCUT2D eigenvalue weighted by Gasteiger charge is 2.21. The third-order valence-corrected chi connectivity index (χ3v) is 4.40. The Balaban J connectivity index is 1.43. The first-order chi connectivity index (χ1) is 12.8. The summed E-state index contributed by atoms with van der Waals surface area (Å²) in [5.74, 6) is 1.55. The van der Waals surface area contributed by atoms with E-state index < -0.39 is 0 Å². The van der Waals surface area contributed by atoms with Gasteiger partial charge in [0.05, 0.1) is 5.56 Å². The molecule has 1 aliphatic rings. The lowest BCUT2D eigenvalue weighted by atomic mass is 10.2. The average Bonchev–Trinajstić information content (AvgIpc) is 3.13. The average molecular weight is 349 g/mol. The van der Waals surface area contributed by atoms with Gasteiger partial charge >= 0.3 is 0 Å². The maximum absolute atomic E-state index is 12.8. The van der Waals surface area contributed by atoms with Crippen molar-refractivity contribution in [1.29, 1.82) is 0 Å². The third-order valence-electron chi connectivity index (χ3n) is 4.40. The number of carbonyl (C=O) groups excluding carboxylic acids is 1. The Morgan fingerprint density at radius 3 is 2.65 bits per heavy atom. The molecule has 8 heteroatoms. The molecule has 8 nitrogen and oxygen atoms in total. The van der Waals surface area contributed by atoms with Crippen molar-refractivity contribution in [2.45, 2.75) is 6.42 Å². The summed E-state index contributed by atoms with van der Waals surface area (Å²) in [6.45, 7) is 2.97. The number of amides is 1. The molecule has 0 aliphatic carbocycles. The molecule has 1 amide bonds. The lowest BCUT2D eigenvalue weighted by Crippen LogP contribution is -2.35. The molecule has 0 aromatic carbocycles. The molecule has 0 N–H and O–H groups in total. The van der Waals surface area contributed by atoms with Gasteiger partial charge in [-0.25, -0.2) is 9.67 Å². The van der Waals surface area contributed by atoms with Crippen molar-refractivity contribution >= 4 is 11.7 Å². The summed E-state index contributed by atoms with van der Waals surface area (Å²) in [7, 11) is 0. The molecule has 1 saturated heterocycles. The molecule has 26 heavy (non-hydrogen) atoms. The van der Waals surface area contributed by atoms with Gasteiger partial charge in [-0.1, -0.05) is 0 Å². The molecule has 0 radical (unpaired) electrons. The molecule has 3 aromatic rings. The molecule has 0 bridgehead atoms. The minimum absolute atomic E-state index is 0.00510. The monoisotopic (exact) mass is 349 g/mol. The maximum Gasteiger partial charge on any atom is 0.255 e. The van der Waals surface area contributed by atoms with E-state index in [4.69, 9.17) is 0 Å². The van der Waals surface area contributed by atoms with Crippen molar-refractivity contribution < 1.29 is 4.79 Å². The smallest absolute Gasteiger partial charge is 0.255 e. The number of hydrogen-bond acceptors (Lipinski definition) is 6. The van der Waals surface area contributed by atoms with Gasteiger partial charge < -0.3 is 9.80 Å². The van der Waals surface area contributed by atoms with Crippen molar-refractivity contribution in [3.8, 4) is 5.82 Å². The largest absolute Gasteiger partial charge is 0.353 e. The van der Waals surface area contributed by atoms with E-state index >= 15 is 0 Å². The van der Waals surface area contributed by atoms with Crippen LogP contribution in [0, 0.1) is 0 Å². The topological polar surface area (TPSA) is 80.0 Å². The molecular formula is C18H19N7O. The fourth-order valence-corrected chi connectivity index (χ4v) is 3.05. The van der Waals surface area contributed by atoms with Crippen LogP contribution in [0.2, 0.25) is 0 Å². The van der Waals surface area contributed by atoms with E-state index in [1.807, 2.05) is 35.4 Å². The summed E-state index contributed by atoms with van der Waals surface area (Å²) in [6, 6.07) is 9.27. The van der Waals surface area contributed by atoms with E-state index in [1.165, 1.54) is 0 Å². The van der Waals surface area contributed by atoms with E-state index in [-0.39, 0.29) is 5.91 Å². The number of anilines is 1. The maximum atomic E-state index is 12.8. The zero-order valence-electron chi connectivity index (χ0n) is 14.3. The summed E-state index contributed by atoms with van der Waals surface area (Å²) in [5, 5.41) is 12.2. The summed E-state index contributed by atoms with van der Waals surface area (Å²) in [4.78, 5) is 21.2. The molecule has 132 valence electrons. The number of aromatic nitrogens is 5. The first-order valence-electron chi connectivity index (χ1n) is 8.59. The first-order valence-corrected chi connectivity index (χ1v) is 8.59. The molecule has 0 spiro atoms. The predicted molar refractivity (Wildman–Crippen MR) is 96.1 cm³/mol. The summed E-state index contributed by atoms with van der Waals surface area (Å²) in [6.07, 6.45) is 7.68. The summed E-state index contributed by atoms with van der Waals surface area (Å²) < 4.78 is 1.67. The second-order valence-electron chi connectivity index (χ2n) is 6.07. The second-order valence-corrected chi connectivity index (χ2v) is 6.07. The normalized spacial score (nSPS) is 14.9. The number of hydrogen-bond donors (Lipinski definition) is 0. The first kappa shape index (κ1) is 16.2. The quantitative estimate of drug-likeness (QED) is 0.711. The van der Waals surface area contributed by atoms with E-state index in [0.29, 0.717) is 17.9 Å². The van der Waals surface area contributed by atoms with Crippen LogP contribution in [0.15, 0.2) is 55.1 Å². The van der Waals surface area contributed by atoms with Crippen LogP contribution in [0.5, 0.6) is 0 Å². The number of pyridine rings is 1. The van der Waals surface area contributed by atoms with E-state index in [2.05, 4.69) is 25.2 Å². The van der Waals surface area contributed by atoms with Crippen LogP contribution in [0.1, 0.15) is 16.8 Å². The highest BCUT2D eigenvalue weighted by atomic mass is 16.2. The van der Waals surface area contributed by atoms with Gasteiger partial charge in [-0.2, -0.15) is 10.2 Å². The molecule has 0 atom stereocenters. The Morgan fingerprint density at radius 2 is 1.92 bits per heavy atom. The van der Waals surface area contributed by atoms with Gasteiger partial charge in [-0.05, 0) is 36.8 Å². The van der Waals surface area contributed by atoms with Gasteiger partial charge in [-0.15, -0.1) is 5.10 Å². The standard InChI is InChI=1S/C18H19N7O/c26-18(15-5-6-16(19-14-15)25-11-2-8-21-25)24-10-3-9-23(12-13-24)17-4-1-7-20-22-17/h1-2,4-8,11,14H,3,9-10,12-13H2. The van der Waals surface area contributed by atoms with Gasteiger partial charge in [0.25, 0.3) is 5.91 Å². The fraction of sp³-hybridized carbons (Fsp3) is 0.278. The SMILES string of the molecule is O=C(c1ccc(-n2cccn2)nc1)N1CCCN(c2cccnn2)CC1. The zero-order valence-corrected chi connectivity index (χ0v) is 14.3. The Bertz CT molecular complexity index is 849. The van der Waals surface area contributed by atoms with Gasteiger partial charge in [0.15, 0.2) is 11.6 Å². The van der Waals surface area contributed by atoms with Crippen LogP contribution in [-0.2, 0) is 0 Å². The fourth-order valence-electron chi connectivity index (χ4n) is 3.05. The third kappa shape index (κ3) is 3.39. The van der Waals surface area contributed by atoms with Crippen molar-refractivity contribution in [2.75, 3.05) is 31.1 Å². The molecule has 3 aromatic heterocycles. The molecule has 0 unspecified atom stereocenters. The van der Waals surface area contributed by atoms with Crippen molar-refractivity contribution in [1.82, 2.24) is 29.9 Å². The molecular weight excluding hydrogens is 330 g/mol. The van der Waals surface area contributed by atoms with Gasteiger partial charge in [-0.3, -0.25) is 4.79 Å². The molecule has 1 aliphatic heterocycles. The summed E-state index contributed by atoms with van der Waals surface area (Å²) in [5.41, 5.74) is 0.592. The highest BCUT2D eigenvalue weighted by Crippen LogP contribution is 2.14. The van der Waals surface area contributed by atoms with Crippen LogP contribution in [-0.4, -0.2) is 61.9 Å². The molecule has 4 rings (SSSR count).